The molecule has 0 aliphatic heterocycles. The Hall–Kier alpha value is -1.02. The predicted octanol–water partition coefficient (Wildman–Crippen LogP) is 3.90. The normalized spacial score (nSPS) is 27.3. The molecule has 1 aromatic rings. The third-order valence-corrected chi connectivity index (χ3v) is 4.57. The summed E-state index contributed by atoms with van der Waals surface area (Å²) in [6, 6.07) is 4.53. The second kappa shape index (κ2) is 5.96. The Balaban J connectivity index is 2.15. The molecule has 3 atom stereocenters. The summed E-state index contributed by atoms with van der Waals surface area (Å²) in [5, 5.41) is 0. The van der Waals surface area contributed by atoms with Crippen LogP contribution in [0.3, 0.4) is 0 Å². The number of hydrogen-bond donors (Lipinski definition) is 1. The maximum atomic E-state index is 6.27. The van der Waals surface area contributed by atoms with Gasteiger partial charge < -0.3 is 10.5 Å². The maximum absolute atomic E-state index is 6.27. The molecule has 2 N–H and O–H groups in total. The lowest BCUT2D eigenvalue weighted by atomic mass is 9.83. The predicted molar refractivity (Wildman–Crippen MR) is 80.7 cm³/mol. The second-order valence-corrected chi connectivity index (χ2v) is 6.11. The largest absolute Gasteiger partial charge is 0.489 e. The first kappa shape index (κ1) is 14.4. The summed E-state index contributed by atoms with van der Waals surface area (Å²) in [7, 11) is 0. The van der Waals surface area contributed by atoms with Crippen LogP contribution < -0.4 is 10.5 Å². The van der Waals surface area contributed by atoms with E-state index in [1.165, 1.54) is 29.5 Å². The van der Waals surface area contributed by atoms with E-state index < -0.39 is 0 Å². The van der Waals surface area contributed by atoms with E-state index >= 15 is 0 Å². The van der Waals surface area contributed by atoms with Crippen LogP contribution in [0.5, 0.6) is 5.75 Å². The molecule has 0 aromatic heterocycles. The molecular formula is C17H27NO. The smallest absolute Gasteiger partial charge is 0.123 e. The van der Waals surface area contributed by atoms with Gasteiger partial charge in [0.2, 0.25) is 0 Å². The van der Waals surface area contributed by atoms with E-state index in [9.17, 15) is 0 Å². The minimum Gasteiger partial charge on any atom is -0.489 e. The van der Waals surface area contributed by atoms with E-state index in [1.807, 2.05) is 0 Å². The Morgan fingerprint density at radius 2 is 1.95 bits per heavy atom. The zero-order valence-corrected chi connectivity index (χ0v) is 12.7. The number of hydrogen-bond acceptors (Lipinski definition) is 2. The molecule has 106 valence electrons. The van der Waals surface area contributed by atoms with Crippen molar-refractivity contribution in [3.05, 3.63) is 28.8 Å². The monoisotopic (exact) mass is 261 g/mol. The van der Waals surface area contributed by atoms with Crippen molar-refractivity contribution in [3.8, 4) is 5.75 Å². The van der Waals surface area contributed by atoms with Crippen LogP contribution in [0.1, 0.15) is 49.3 Å². The van der Waals surface area contributed by atoms with Crippen LogP contribution in [0.2, 0.25) is 0 Å². The van der Waals surface area contributed by atoms with Crippen molar-refractivity contribution in [2.75, 3.05) is 0 Å². The van der Waals surface area contributed by atoms with Gasteiger partial charge in [-0.25, -0.2) is 0 Å². The van der Waals surface area contributed by atoms with Crippen molar-refractivity contribution in [1.82, 2.24) is 0 Å². The summed E-state index contributed by atoms with van der Waals surface area (Å²) >= 11 is 0. The zero-order valence-electron chi connectivity index (χ0n) is 12.7. The first-order chi connectivity index (χ1) is 9.01. The Morgan fingerprint density at radius 3 is 2.63 bits per heavy atom. The van der Waals surface area contributed by atoms with E-state index in [-0.39, 0.29) is 12.1 Å². The summed E-state index contributed by atoms with van der Waals surface area (Å²) in [4.78, 5) is 0. The highest BCUT2D eigenvalue weighted by Gasteiger charge is 2.29. The zero-order chi connectivity index (χ0) is 14.0. The quantitative estimate of drug-likeness (QED) is 0.895. The fourth-order valence-electron chi connectivity index (χ4n) is 3.03. The molecule has 0 heterocycles. The van der Waals surface area contributed by atoms with Gasteiger partial charge >= 0.3 is 0 Å². The van der Waals surface area contributed by atoms with Gasteiger partial charge in [-0.15, -0.1) is 0 Å². The number of ether oxygens (including phenoxy) is 1. The fourth-order valence-corrected chi connectivity index (χ4v) is 3.03. The van der Waals surface area contributed by atoms with Gasteiger partial charge in [-0.2, -0.15) is 0 Å². The molecule has 1 aliphatic rings. The fraction of sp³-hybridized carbons (Fsp3) is 0.647. The summed E-state index contributed by atoms with van der Waals surface area (Å²) in [6.07, 6.45) is 4.86. The number of rotatable bonds is 3. The first-order valence-corrected chi connectivity index (χ1v) is 7.51. The average Bonchev–Trinajstić information content (AvgIpc) is 2.38. The van der Waals surface area contributed by atoms with E-state index in [1.54, 1.807) is 0 Å². The molecule has 0 radical (unpaired) electrons. The van der Waals surface area contributed by atoms with E-state index in [0.29, 0.717) is 0 Å². The molecule has 0 bridgehead atoms. The van der Waals surface area contributed by atoms with Crippen molar-refractivity contribution in [2.45, 2.75) is 65.5 Å². The van der Waals surface area contributed by atoms with Crippen molar-refractivity contribution >= 4 is 0 Å². The van der Waals surface area contributed by atoms with Crippen LogP contribution in [-0.2, 0) is 0 Å². The van der Waals surface area contributed by atoms with E-state index in [4.69, 9.17) is 10.5 Å². The molecule has 2 heteroatoms. The second-order valence-electron chi connectivity index (χ2n) is 6.11. The van der Waals surface area contributed by atoms with Gasteiger partial charge in [0.1, 0.15) is 11.9 Å². The molecule has 19 heavy (non-hydrogen) atoms. The van der Waals surface area contributed by atoms with Crippen LogP contribution >= 0.6 is 0 Å². The van der Waals surface area contributed by atoms with E-state index in [2.05, 4.69) is 39.8 Å². The Bertz CT molecular complexity index is 441. The van der Waals surface area contributed by atoms with Crippen LogP contribution in [-0.4, -0.2) is 12.1 Å². The summed E-state index contributed by atoms with van der Waals surface area (Å²) < 4.78 is 6.27. The first-order valence-electron chi connectivity index (χ1n) is 7.51. The molecule has 0 saturated heterocycles. The summed E-state index contributed by atoms with van der Waals surface area (Å²) in [6.45, 7) is 8.66. The van der Waals surface area contributed by atoms with Gasteiger partial charge in [0.15, 0.2) is 0 Å². The van der Waals surface area contributed by atoms with Crippen molar-refractivity contribution in [2.24, 2.45) is 11.7 Å². The SMILES string of the molecule is CCC1CCC(N)C(Oc2cc(C)cc(C)c2C)C1. The molecule has 1 saturated carbocycles. The van der Waals surface area contributed by atoms with Crippen molar-refractivity contribution in [1.29, 1.82) is 0 Å². The highest BCUT2D eigenvalue weighted by Crippen LogP contribution is 2.31. The Labute approximate surface area is 117 Å². The van der Waals surface area contributed by atoms with Gasteiger partial charge in [-0.1, -0.05) is 19.4 Å². The topological polar surface area (TPSA) is 35.2 Å². The van der Waals surface area contributed by atoms with Crippen molar-refractivity contribution in [3.63, 3.8) is 0 Å². The molecule has 0 spiro atoms. The van der Waals surface area contributed by atoms with Crippen molar-refractivity contribution < 1.29 is 4.74 Å². The van der Waals surface area contributed by atoms with Gasteiger partial charge in [0.25, 0.3) is 0 Å². The van der Waals surface area contributed by atoms with Crippen LogP contribution in [0.15, 0.2) is 12.1 Å². The average molecular weight is 261 g/mol. The van der Waals surface area contributed by atoms with Gasteiger partial charge in [0, 0.05) is 6.04 Å². The minimum absolute atomic E-state index is 0.179. The molecule has 1 aromatic carbocycles. The number of benzene rings is 1. The summed E-state index contributed by atoms with van der Waals surface area (Å²) in [5.74, 6) is 1.80. The highest BCUT2D eigenvalue weighted by molar-refractivity contribution is 5.42. The summed E-state index contributed by atoms with van der Waals surface area (Å²) in [5.41, 5.74) is 10.0. The third-order valence-electron chi connectivity index (χ3n) is 4.57. The molecule has 1 fully saturated rings. The van der Waals surface area contributed by atoms with E-state index in [0.717, 1.165) is 24.5 Å². The van der Waals surface area contributed by atoms with Crippen LogP contribution in [0, 0.1) is 26.7 Å². The van der Waals surface area contributed by atoms with Crippen LogP contribution in [0.25, 0.3) is 0 Å². The molecule has 2 rings (SSSR count). The lowest BCUT2D eigenvalue weighted by molar-refractivity contribution is 0.100. The number of nitrogens with two attached hydrogens (primary N) is 1. The molecule has 1 aliphatic carbocycles. The standard InChI is InChI=1S/C17H27NO/c1-5-14-6-7-15(18)17(10-14)19-16-9-11(2)8-12(3)13(16)4/h8-9,14-15,17H,5-7,10,18H2,1-4H3. The lowest BCUT2D eigenvalue weighted by Crippen LogP contribution is -2.43. The minimum atomic E-state index is 0.179. The van der Waals surface area contributed by atoms with Crippen LogP contribution in [0.4, 0.5) is 0 Å². The Kier molecular flexibility index (Phi) is 4.51. The molecule has 0 amide bonds. The number of aryl methyl sites for hydroxylation is 2. The maximum Gasteiger partial charge on any atom is 0.123 e. The third kappa shape index (κ3) is 3.30. The molecule has 3 unspecified atom stereocenters. The lowest BCUT2D eigenvalue weighted by Gasteiger charge is -2.34. The molecular weight excluding hydrogens is 234 g/mol. The van der Waals surface area contributed by atoms with Gasteiger partial charge in [-0.05, 0) is 68.7 Å². The molecule has 2 nitrogen and oxygen atoms in total. The Morgan fingerprint density at radius 1 is 1.21 bits per heavy atom. The van der Waals surface area contributed by atoms with Gasteiger partial charge in [-0.3, -0.25) is 0 Å². The highest BCUT2D eigenvalue weighted by atomic mass is 16.5. The van der Waals surface area contributed by atoms with Gasteiger partial charge in [0.05, 0.1) is 0 Å².